The minimum absolute atomic E-state index is 0.0353. The zero-order valence-electron chi connectivity index (χ0n) is 66.1. The molecule has 9 saturated carbocycles. The summed E-state index contributed by atoms with van der Waals surface area (Å²) in [6.07, 6.45) is 27.3. The summed E-state index contributed by atoms with van der Waals surface area (Å²) in [6, 6.07) is 4.58. The first-order valence-corrected chi connectivity index (χ1v) is 40.2. The van der Waals surface area contributed by atoms with Crippen LogP contribution in [0.5, 0.6) is 23.0 Å². The topological polar surface area (TPSA) is 153 Å². The van der Waals surface area contributed by atoms with Crippen LogP contribution in [0, 0.1) is 114 Å². The normalized spacial score (nSPS) is 50.7. The average molecular weight is 1400 g/mol. The Bertz CT molecular complexity index is 4200. The number of ketones is 1. The zero-order valence-corrected chi connectivity index (χ0v) is 66.1. The summed E-state index contributed by atoms with van der Waals surface area (Å²) in [5.74, 6) is 0.388. The number of fused-ring (bicyclic) bond motifs is 28. The van der Waals surface area contributed by atoms with Gasteiger partial charge in [-0.2, -0.15) is 0 Å². The molecule has 12 heteroatoms. The van der Waals surface area contributed by atoms with E-state index in [0.29, 0.717) is 17.4 Å². The Labute approximate surface area is 609 Å². The fourth-order valence-electron chi connectivity index (χ4n) is 31.1. The number of aliphatic hydroxyl groups is 1. The van der Waals surface area contributed by atoms with Crippen molar-refractivity contribution < 1.29 is 57.4 Å². The summed E-state index contributed by atoms with van der Waals surface area (Å²) >= 11 is 0. The summed E-state index contributed by atoms with van der Waals surface area (Å²) in [7, 11) is 4.68. The second kappa shape index (κ2) is 20.8. The standard InChI is InChI=1S/C90H122O12/c1-50-52-23-25-59-79(8,37-44-88(17)70-76(5,35-40-84(59,88)13)27-22-28-82(70,11)73(94)98-21)54(52)45-57-65(50)100-68-67(99-57)64-51(2)66-58(46-56(64)81(10)38-43-86(15)62-49-78(7,72(93)97-20)32-30-75(62,4)34-41-87(86,16)69(68)81)101-90(95)63(91)47-55-53(89(90,18)102-66)24-26-60-80(55,9)36-42-85(14)61-48-77(6,71(92)96-19)31-29-74(61,3)33-39-83(60,85)12/h24,26,45-47,59,61-62,67-70,95H,22-23,25,27-44,48-49H2,1-21H3/t59?,61-,62?,67+,68+,69?,70?,74-,75-,76-,77-,78-,79+,80+,81+,82-,83-,84-,85+,86+,87-,88+,89+,90-/m1/s1. The van der Waals surface area contributed by atoms with Gasteiger partial charge in [0, 0.05) is 33.4 Å². The minimum atomic E-state index is -2.40. The van der Waals surface area contributed by atoms with Gasteiger partial charge in [0.1, 0.15) is 6.10 Å². The lowest BCUT2D eigenvalue weighted by atomic mass is 9.31. The molecule has 24 atom stereocenters. The third-order valence-electron chi connectivity index (χ3n) is 37.6. The lowest BCUT2D eigenvalue weighted by Crippen LogP contribution is -2.70. The van der Waals surface area contributed by atoms with Crippen molar-refractivity contribution in [2.75, 3.05) is 21.3 Å². The summed E-state index contributed by atoms with van der Waals surface area (Å²) < 4.78 is 48.2. The van der Waals surface area contributed by atoms with Gasteiger partial charge in [0.25, 0.3) is 0 Å². The maximum Gasteiger partial charge on any atom is 0.317 e. The van der Waals surface area contributed by atoms with Crippen LogP contribution in [0.4, 0.5) is 0 Å². The number of hydrogen-bond donors (Lipinski definition) is 1. The molecular formula is C90H122O12. The highest BCUT2D eigenvalue weighted by Gasteiger charge is 2.77. The number of carbonyl (C=O) groups is 4. The number of carbonyl (C=O) groups excluding carboxylic acids is 4. The molecule has 0 bridgehead atoms. The Morgan fingerprint density at radius 1 is 0.510 bits per heavy atom. The van der Waals surface area contributed by atoms with E-state index in [-0.39, 0.29) is 95.7 Å². The van der Waals surface area contributed by atoms with Gasteiger partial charge in [-0.05, 0) is 307 Å². The van der Waals surface area contributed by atoms with Crippen molar-refractivity contribution in [3.8, 4) is 23.0 Å². The quantitative estimate of drug-likeness (QED) is 0.230. The maximum absolute atomic E-state index is 15.7. The second-order valence-electron chi connectivity index (χ2n) is 41.7. The van der Waals surface area contributed by atoms with Gasteiger partial charge in [0.15, 0.2) is 29.1 Å². The number of allylic oxidation sites excluding steroid dienone is 3. The molecule has 9 fully saturated rings. The highest BCUT2D eigenvalue weighted by atomic mass is 16.7. The van der Waals surface area contributed by atoms with Gasteiger partial charge in [-0.1, -0.05) is 107 Å². The van der Waals surface area contributed by atoms with Crippen molar-refractivity contribution in [2.45, 2.75) is 307 Å². The molecule has 17 rings (SSSR count). The van der Waals surface area contributed by atoms with E-state index in [0.717, 1.165) is 187 Å². The number of benzene rings is 2. The number of methoxy groups -OCH3 is 3. The predicted molar refractivity (Wildman–Crippen MR) is 393 cm³/mol. The molecule has 0 saturated heterocycles. The largest absolute Gasteiger partial charge is 0.482 e. The maximum atomic E-state index is 15.7. The van der Waals surface area contributed by atoms with Crippen molar-refractivity contribution in [3.05, 3.63) is 80.5 Å². The van der Waals surface area contributed by atoms with Crippen LogP contribution in [0.15, 0.2) is 47.1 Å². The molecule has 2 heterocycles. The molecule has 2 aromatic rings. The third-order valence-corrected chi connectivity index (χ3v) is 37.6. The van der Waals surface area contributed by atoms with Gasteiger partial charge >= 0.3 is 23.7 Å². The number of hydrogen-bond acceptors (Lipinski definition) is 12. The molecule has 1 N–H and O–H groups in total. The van der Waals surface area contributed by atoms with Crippen LogP contribution < -0.4 is 18.9 Å². The van der Waals surface area contributed by atoms with Gasteiger partial charge in [0.05, 0.1) is 37.6 Å². The number of esters is 3. The van der Waals surface area contributed by atoms with Crippen molar-refractivity contribution >= 4 is 23.7 Å². The Hall–Kier alpha value is -5.10. The van der Waals surface area contributed by atoms with Gasteiger partial charge in [-0.25, -0.2) is 0 Å². The van der Waals surface area contributed by atoms with E-state index in [9.17, 15) is 19.5 Å². The van der Waals surface area contributed by atoms with Crippen molar-refractivity contribution in [1.29, 1.82) is 0 Å². The first-order chi connectivity index (χ1) is 47.5. The first-order valence-electron chi connectivity index (χ1n) is 40.2. The minimum Gasteiger partial charge on any atom is -0.482 e. The molecule has 0 aromatic heterocycles. The summed E-state index contributed by atoms with van der Waals surface area (Å²) in [6.45, 7) is 43.1. The summed E-state index contributed by atoms with van der Waals surface area (Å²) in [4.78, 5) is 57.6. The SMILES string of the molecule is COC(=O)[C@]1(C)CC[C@]2(C)CC[C@]3(C)C4[C@H]5Oc6c(cc7c(c6C)CCC6[C@@]7(C)CC[C@@]7(C)C8[C@](C)(CCC[C@@]8(C)C(=O)OC)CC[C@]67C)O[C@H]5c5c(cc6c(c5C)O[C@@]5(C)C7=CC=C8[C@@](C)(CC[C@@]9(C)[C@@H]%10C[C@](C)(C(=O)OC)CC[C@]%10(C)CC[C@]89C)C7=CC(=O)[C@@]5(O)O6)[C@]4(C)CC[C@@]3(C)C2C1. The Balaban J connectivity index is 0.794. The average Bonchev–Trinajstić information content (AvgIpc) is 0.673. The van der Waals surface area contributed by atoms with Crippen LogP contribution in [0.3, 0.4) is 0 Å². The van der Waals surface area contributed by atoms with Crippen molar-refractivity contribution in [2.24, 2.45) is 100.0 Å². The van der Waals surface area contributed by atoms with E-state index in [1.807, 2.05) is 6.92 Å². The van der Waals surface area contributed by atoms with Crippen LogP contribution in [0.2, 0.25) is 0 Å². The molecule has 4 unspecified atom stereocenters. The Morgan fingerprint density at radius 3 is 1.73 bits per heavy atom. The van der Waals surface area contributed by atoms with Crippen LogP contribution in [-0.2, 0) is 50.6 Å². The molecule has 13 aliphatic carbocycles. The van der Waals surface area contributed by atoms with Crippen LogP contribution >= 0.6 is 0 Å². The van der Waals surface area contributed by atoms with Gasteiger partial charge in [0.2, 0.25) is 11.4 Å². The highest BCUT2D eigenvalue weighted by molar-refractivity contribution is 6.02. The Morgan fingerprint density at radius 2 is 1.07 bits per heavy atom. The van der Waals surface area contributed by atoms with E-state index in [1.54, 1.807) is 20.3 Å². The number of ether oxygens (including phenoxy) is 7. The smallest absolute Gasteiger partial charge is 0.317 e. The van der Waals surface area contributed by atoms with Crippen molar-refractivity contribution in [3.63, 3.8) is 0 Å². The van der Waals surface area contributed by atoms with Crippen LogP contribution in [0.25, 0.3) is 0 Å². The summed E-state index contributed by atoms with van der Waals surface area (Å²) in [5, 5.41) is 13.6. The van der Waals surface area contributed by atoms with E-state index in [2.05, 4.69) is 142 Å². The molecule has 12 nitrogen and oxygen atoms in total. The molecule has 2 aliphatic heterocycles. The monoisotopic (exact) mass is 1390 g/mol. The van der Waals surface area contributed by atoms with Gasteiger partial charge in [-0.3, -0.25) is 19.2 Å². The Kier molecular flexibility index (Phi) is 14.2. The number of rotatable bonds is 3. The van der Waals surface area contributed by atoms with E-state index in [1.165, 1.54) is 29.4 Å². The fraction of sp³-hybridized carbons (Fsp3) is 0.756. The van der Waals surface area contributed by atoms with E-state index in [4.69, 9.17) is 33.2 Å². The van der Waals surface area contributed by atoms with Gasteiger partial charge < -0.3 is 38.3 Å². The predicted octanol–water partition coefficient (Wildman–Crippen LogP) is 19.3. The van der Waals surface area contributed by atoms with Crippen molar-refractivity contribution in [1.82, 2.24) is 0 Å². The molecule has 2 aromatic carbocycles. The third kappa shape index (κ3) is 7.93. The lowest BCUT2D eigenvalue weighted by Gasteiger charge is -2.73. The zero-order chi connectivity index (χ0) is 73.1. The molecular weight excluding hydrogens is 1270 g/mol. The molecule has 554 valence electrons. The first kappa shape index (κ1) is 69.9. The summed E-state index contributed by atoms with van der Waals surface area (Å²) in [5.41, 5.74) is 4.51. The second-order valence-corrected chi connectivity index (χ2v) is 41.7. The van der Waals surface area contributed by atoms with Crippen LogP contribution in [-0.4, -0.2) is 67.6 Å². The molecule has 102 heavy (non-hydrogen) atoms. The molecule has 15 aliphatic rings. The lowest BCUT2D eigenvalue weighted by molar-refractivity contribution is -0.240. The van der Waals surface area contributed by atoms with Crippen LogP contribution in [0.1, 0.15) is 292 Å². The van der Waals surface area contributed by atoms with E-state index < -0.39 is 56.5 Å². The fourth-order valence-corrected chi connectivity index (χ4v) is 31.1. The highest BCUT2D eigenvalue weighted by Crippen LogP contribution is 2.82. The van der Waals surface area contributed by atoms with E-state index >= 15 is 4.79 Å². The molecule has 0 amide bonds. The van der Waals surface area contributed by atoms with Gasteiger partial charge in [-0.15, -0.1) is 0 Å². The molecule has 0 radical (unpaired) electrons. The molecule has 0 spiro atoms.